The summed E-state index contributed by atoms with van der Waals surface area (Å²) in [5, 5.41) is 4.35. The number of hydrogen-bond donors (Lipinski definition) is 2. The lowest BCUT2D eigenvalue weighted by Crippen LogP contribution is -2.33. The molecule has 1 aromatic heterocycles. The molecule has 1 heterocycles. The molecule has 0 radical (unpaired) electrons. The molecule has 0 atom stereocenters. The molecule has 0 spiro atoms. The molecule has 2 N–H and O–H groups in total. The normalized spacial score (nSPS) is 15.5. The van der Waals surface area contributed by atoms with Gasteiger partial charge < -0.3 is 10.3 Å². The van der Waals surface area contributed by atoms with Gasteiger partial charge in [0.2, 0.25) is 5.91 Å². The Hall–Kier alpha value is -2.81. The fourth-order valence-corrected chi connectivity index (χ4v) is 3.69. The molecule has 2 aromatic carbocycles. The van der Waals surface area contributed by atoms with Crippen molar-refractivity contribution in [2.24, 2.45) is 0 Å². The van der Waals surface area contributed by atoms with Crippen LogP contribution in [0.3, 0.4) is 0 Å². The Balaban J connectivity index is 1.48. The predicted octanol–water partition coefficient (Wildman–Crippen LogP) is 5.30. The van der Waals surface area contributed by atoms with Crippen LogP contribution in [-0.4, -0.2) is 16.9 Å². The first-order valence-corrected chi connectivity index (χ1v) is 9.36. The monoisotopic (exact) mass is 344 g/mol. The largest absolute Gasteiger partial charge is 0.361 e. The summed E-state index contributed by atoms with van der Waals surface area (Å²) in [7, 11) is 0. The average Bonchev–Trinajstić information content (AvgIpc) is 3.33. The minimum atomic E-state index is 0.0545. The Kier molecular flexibility index (Phi) is 4.61. The van der Waals surface area contributed by atoms with Gasteiger partial charge in [-0.1, -0.05) is 43.2 Å². The topological polar surface area (TPSA) is 44.9 Å². The van der Waals surface area contributed by atoms with Crippen LogP contribution in [0.1, 0.15) is 38.2 Å². The summed E-state index contributed by atoms with van der Waals surface area (Å²) >= 11 is 0. The van der Waals surface area contributed by atoms with E-state index in [9.17, 15) is 4.79 Å². The smallest absolute Gasteiger partial charge is 0.247 e. The van der Waals surface area contributed by atoms with E-state index in [1.54, 1.807) is 0 Å². The van der Waals surface area contributed by atoms with E-state index in [-0.39, 0.29) is 5.91 Å². The zero-order valence-corrected chi connectivity index (χ0v) is 15.1. The number of nitrogens with one attached hydrogen (secondary N) is 2. The molecular weight excluding hydrogens is 320 g/mol. The number of fused-ring (bicyclic) bond motifs is 1. The minimum Gasteiger partial charge on any atom is -0.361 e. The van der Waals surface area contributed by atoms with Gasteiger partial charge in [0.15, 0.2) is 0 Å². The first kappa shape index (κ1) is 16.6. The third kappa shape index (κ3) is 3.57. The molecule has 3 aromatic rings. The number of carbonyl (C=O) groups is 1. The van der Waals surface area contributed by atoms with Gasteiger partial charge in [0.05, 0.1) is 0 Å². The maximum absolute atomic E-state index is 12.3. The molecule has 1 saturated carbocycles. The summed E-state index contributed by atoms with van der Waals surface area (Å²) in [6, 6.07) is 17.2. The molecule has 1 aliphatic carbocycles. The van der Waals surface area contributed by atoms with Crippen LogP contribution in [0.5, 0.6) is 0 Å². The van der Waals surface area contributed by atoms with Gasteiger partial charge in [0.25, 0.3) is 0 Å². The molecule has 3 heteroatoms. The highest BCUT2D eigenvalue weighted by atomic mass is 16.1. The highest BCUT2D eigenvalue weighted by Gasteiger charge is 2.17. The minimum absolute atomic E-state index is 0.0545. The maximum Gasteiger partial charge on any atom is 0.247 e. The van der Waals surface area contributed by atoms with Gasteiger partial charge in [-0.3, -0.25) is 4.79 Å². The van der Waals surface area contributed by atoms with E-state index >= 15 is 0 Å². The van der Waals surface area contributed by atoms with Gasteiger partial charge >= 0.3 is 0 Å². The average molecular weight is 344 g/mol. The van der Waals surface area contributed by atoms with Gasteiger partial charge in [0, 0.05) is 23.3 Å². The molecule has 26 heavy (non-hydrogen) atoms. The number of H-pyrrole nitrogens is 1. The van der Waals surface area contributed by atoms with Crippen molar-refractivity contribution in [3.63, 3.8) is 0 Å². The molecule has 132 valence electrons. The van der Waals surface area contributed by atoms with Crippen molar-refractivity contribution >= 4 is 22.9 Å². The van der Waals surface area contributed by atoms with Crippen LogP contribution in [0.4, 0.5) is 0 Å². The van der Waals surface area contributed by atoms with E-state index in [0.29, 0.717) is 6.04 Å². The summed E-state index contributed by atoms with van der Waals surface area (Å²) in [4.78, 5) is 15.5. The summed E-state index contributed by atoms with van der Waals surface area (Å²) < 4.78 is 0. The van der Waals surface area contributed by atoms with E-state index in [4.69, 9.17) is 0 Å². The second-order valence-corrected chi connectivity index (χ2v) is 7.18. The summed E-state index contributed by atoms with van der Waals surface area (Å²) in [6.07, 6.45) is 8.59. The van der Waals surface area contributed by atoms with Crippen LogP contribution in [0.25, 0.3) is 28.1 Å². The highest BCUT2D eigenvalue weighted by molar-refractivity contribution is 5.97. The number of hydrogen-bond acceptors (Lipinski definition) is 1. The zero-order valence-electron chi connectivity index (χ0n) is 15.1. The number of aromatic nitrogens is 1. The zero-order chi connectivity index (χ0) is 17.9. The fourth-order valence-electron chi connectivity index (χ4n) is 3.69. The van der Waals surface area contributed by atoms with Crippen LogP contribution >= 0.6 is 0 Å². The van der Waals surface area contributed by atoms with Crippen molar-refractivity contribution in [2.45, 2.75) is 38.6 Å². The van der Waals surface area contributed by atoms with Crippen molar-refractivity contribution < 1.29 is 4.79 Å². The van der Waals surface area contributed by atoms with Crippen LogP contribution in [0.2, 0.25) is 0 Å². The number of benzene rings is 2. The first-order chi connectivity index (χ1) is 12.7. The summed E-state index contributed by atoms with van der Waals surface area (Å²) in [6.45, 7) is 1.89. The van der Waals surface area contributed by atoms with Crippen LogP contribution in [0.15, 0.2) is 60.3 Å². The second-order valence-electron chi connectivity index (χ2n) is 7.18. The number of aromatic amines is 1. The lowest BCUT2D eigenvalue weighted by atomic mass is 10.0. The summed E-state index contributed by atoms with van der Waals surface area (Å²) in [5.41, 5.74) is 5.34. The Morgan fingerprint density at radius 1 is 1.04 bits per heavy atom. The molecule has 3 nitrogen and oxygen atoms in total. The van der Waals surface area contributed by atoms with E-state index in [1.807, 2.05) is 19.2 Å². The third-order valence-corrected chi connectivity index (χ3v) is 5.23. The van der Waals surface area contributed by atoms with Crippen LogP contribution < -0.4 is 5.32 Å². The molecule has 0 unspecified atom stereocenters. The molecule has 0 saturated heterocycles. The molecule has 1 aliphatic rings. The Bertz CT molecular complexity index is 944. The number of amides is 1. The Morgan fingerprint density at radius 3 is 2.54 bits per heavy atom. The highest BCUT2D eigenvalue weighted by Crippen LogP contribution is 2.25. The molecule has 0 bridgehead atoms. The molecule has 0 aliphatic heterocycles. The Morgan fingerprint density at radius 2 is 1.77 bits per heavy atom. The molecule has 1 fully saturated rings. The van der Waals surface area contributed by atoms with Gasteiger partial charge in [-0.15, -0.1) is 0 Å². The lowest BCUT2D eigenvalue weighted by Gasteiger charge is -2.12. The van der Waals surface area contributed by atoms with E-state index < -0.39 is 0 Å². The fraction of sp³-hybridized carbons (Fsp3) is 0.261. The maximum atomic E-state index is 12.3. The SMILES string of the molecule is C/C(=C\c1ccc(-c2ccc3[nH]ccc3c2)cc1)C(=O)NC1CCCC1. The van der Waals surface area contributed by atoms with Crippen molar-refractivity contribution in [1.29, 1.82) is 0 Å². The van der Waals surface area contributed by atoms with Gasteiger partial charge in [-0.05, 0) is 66.1 Å². The quantitative estimate of drug-likeness (QED) is 0.620. The van der Waals surface area contributed by atoms with Crippen molar-refractivity contribution in [3.8, 4) is 11.1 Å². The molecule has 4 rings (SSSR count). The predicted molar refractivity (Wildman–Crippen MR) is 108 cm³/mol. The van der Waals surface area contributed by atoms with E-state index in [0.717, 1.165) is 29.5 Å². The van der Waals surface area contributed by atoms with Crippen molar-refractivity contribution in [3.05, 3.63) is 65.9 Å². The van der Waals surface area contributed by atoms with Crippen molar-refractivity contribution in [2.75, 3.05) is 0 Å². The molecule has 1 amide bonds. The van der Waals surface area contributed by atoms with E-state index in [1.165, 1.54) is 29.4 Å². The van der Waals surface area contributed by atoms with Crippen molar-refractivity contribution in [1.82, 2.24) is 10.3 Å². The van der Waals surface area contributed by atoms with Crippen LogP contribution in [0, 0.1) is 0 Å². The number of rotatable bonds is 4. The van der Waals surface area contributed by atoms with Crippen LogP contribution in [-0.2, 0) is 4.79 Å². The summed E-state index contributed by atoms with van der Waals surface area (Å²) in [5.74, 6) is 0.0545. The van der Waals surface area contributed by atoms with Gasteiger partial charge in [-0.25, -0.2) is 0 Å². The van der Waals surface area contributed by atoms with Gasteiger partial charge in [0.1, 0.15) is 0 Å². The third-order valence-electron chi connectivity index (χ3n) is 5.23. The standard InChI is InChI=1S/C23H24N2O/c1-16(23(26)25-21-4-2-3-5-21)14-17-6-8-18(9-7-17)19-10-11-22-20(15-19)12-13-24-22/h6-15,21,24H,2-5H2,1H3,(H,25,26)/b16-14+. The molecular formula is C23H24N2O. The lowest BCUT2D eigenvalue weighted by molar-refractivity contribution is -0.118. The first-order valence-electron chi connectivity index (χ1n) is 9.36. The van der Waals surface area contributed by atoms with Gasteiger partial charge in [-0.2, -0.15) is 0 Å². The number of carbonyl (C=O) groups excluding carboxylic acids is 1. The second kappa shape index (κ2) is 7.20. The Labute approximate surface area is 154 Å². The van der Waals surface area contributed by atoms with E-state index in [2.05, 4.69) is 58.8 Å².